The average molecular weight is 350 g/mol. The number of carbonyl (C=O) groups excluding carboxylic acids is 1. The van der Waals surface area contributed by atoms with Crippen molar-refractivity contribution in [2.24, 2.45) is 0 Å². The molecule has 3 aromatic rings. The van der Waals surface area contributed by atoms with Crippen LogP contribution in [0.1, 0.15) is 10.4 Å². The molecule has 0 aliphatic carbocycles. The number of carbonyl (C=O) groups is 1. The van der Waals surface area contributed by atoms with Crippen LogP contribution in [0, 0.1) is 0 Å². The molecule has 0 bridgehead atoms. The Hall–Kier alpha value is -3.26. The van der Waals surface area contributed by atoms with E-state index in [9.17, 15) is 4.79 Å². The quantitative estimate of drug-likeness (QED) is 0.772. The van der Waals surface area contributed by atoms with Gasteiger partial charge in [0.2, 0.25) is 0 Å². The SMILES string of the molecule is O=C(Nc1cc(-n2cnnn2)ccc1N1CCOCC1)c1ccccc1. The highest BCUT2D eigenvalue weighted by molar-refractivity contribution is 6.06. The van der Waals surface area contributed by atoms with Gasteiger partial charge in [-0.3, -0.25) is 4.79 Å². The van der Waals surface area contributed by atoms with Crippen LogP contribution in [-0.2, 0) is 4.74 Å². The first-order valence-electron chi connectivity index (χ1n) is 8.38. The van der Waals surface area contributed by atoms with Crippen LogP contribution in [0.4, 0.5) is 11.4 Å². The highest BCUT2D eigenvalue weighted by atomic mass is 16.5. The fourth-order valence-electron chi connectivity index (χ4n) is 2.91. The van der Waals surface area contributed by atoms with Crippen LogP contribution >= 0.6 is 0 Å². The molecule has 4 rings (SSSR count). The lowest BCUT2D eigenvalue weighted by Crippen LogP contribution is -2.36. The molecular formula is C18H18N6O2. The summed E-state index contributed by atoms with van der Waals surface area (Å²) >= 11 is 0. The fraction of sp³-hybridized carbons (Fsp3) is 0.222. The number of nitrogens with zero attached hydrogens (tertiary/aromatic N) is 5. The monoisotopic (exact) mass is 350 g/mol. The molecule has 8 nitrogen and oxygen atoms in total. The van der Waals surface area contributed by atoms with Crippen molar-refractivity contribution in [3.63, 3.8) is 0 Å². The first-order chi connectivity index (χ1) is 12.8. The summed E-state index contributed by atoms with van der Waals surface area (Å²) in [6.07, 6.45) is 1.52. The second kappa shape index (κ2) is 7.32. The summed E-state index contributed by atoms with van der Waals surface area (Å²) in [5, 5.41) is 14.3. The van der Waals surface area contributed by atoms with Gasteiger partial charge in [-0.2, -0.15) is 0 Å². The lowest BCUT2D eigenvalue weighted by molar-refractivity contribution is 0.102. The van der Waals surface area contributed by atoms with Crippen LogP contribution < -0.4 is 10.2 Å². The molecule has 2 heterocycles. The molecule has 0 radical (unpaired) electrons. The third-order valence-corrected chi connectivity index (χ3v) is 4.23. The van der Waals surface area contributed by atoms with Crippen LogP contribution in [-0.4, -0.2) is 52.4 Å². The van der Waals surface area contributed by atoms with Crippen LogP contribution in [0.5, 0.6) is 0 Å². The molecular weight excluding hydrogens is 332 g/mol. The summed E-state index contributed by atoms with van der Waals surface area (Å²) in [7, 11) is 0. The predicted molar refractivity (Wildman–Crippen MR) is 96.6 cm³/mol. The zero-order chi connectivity index (χ0) is 17.8. The average Bonchev–Trinajstić information content (AvgIpc) is 3.24. The van der Waals surface area contributed by atoms with E-state index in [1.54, 1.807) is 16.8 Å². The van der Waals surface area contributed by atoms with Crippen molar-refractivity contribution >= 4 is 17.3 Å². The normalized spacial score (nSPS) is 14.2. The molecule has 1 N–H and O–H groups in total. The Balaban J connectivity index is 1.68. The van der Waals surface area contributed by atoms with Crippen molar-refractivity contribution in [1.29, 1.82) is 0 Å². The molecule has 8 heteroatoms. The standard InChI is InChI=1S/C18H18N6O2/c25-18(14-4-2-1-3-5-14)20-16-12-15(24-13-19-21-22-24)6-7-17(16)23-8-10-26-11-9-23/h1-7,12-13H,8-11H2,(H,20,25). The highest BCUT2D eigenvalue weighted by Crippen LogP contribution is 2.29. The first-order valence-corrected chi connectivity index (χ1v) is 8.38. The van der Waals surface area contributed by atoms with Gasteiger partial charge < -0.3 is 15.0 Å². The zero-order valence-electron chi connectivity index (χ0n) is 14.1. The minimum absolute atomic E-state index is 0.158. The topological polar surface area (TPSA) is 85.2 Å². The highest BCUT2D eigenvalue weighted by Gasteiger charge is 2.18. The predicted octanol–water partition coefficient (Wildman–Crippen LogP) is 1.75. The summed E-state index contributed by atoms with van der Waals surface area (Å²) in [5.74, 6) is -0.158. The van der Waals surface area contributed by atoms with Gasteiger partial charge in [0.15, 0.2) is 0 Å². The number of benzene rings is 2. The van der Waals surface area contributed by atoms with Crippen LogP contribution in [0.3, 0.4) is 0 Å². The lowest BCUT2D eigenvalue weighted by atomic mass is 10.1. The number of ether oxygens (including phenoxy) is 1. The van der Waals surface area contributed by atoms with Crippen LogP contribution in [0.25, 0.3) is 5.69 Å². The number of aromatic nitrogens is 4. The van der Waals surface area contributed by atoms with E-state index in [1.165, 1.54) is 6.33 Å². The molecule has 1 amide bonds. The third-order valence-electron chi connectivity index (χ3n) is 4.23. The number of hydrogen-bond acceptors (Lipinski definition) is 6. The summed E-state index contributed by atoms with van der Waals surface area (Å²) in [6, 6.07) is 14.9. The molecule has 26 heavy (non-hydrogen) atoms. The molecule has 1 aromatic heterocycles. The van der Waals surface area contributed by atoms with Gasteiger partial charge in [-0.05, 0) is 40.8 Å². The molecule has 132 valence electrons. The van der Waals surface area contributed by atoms with Crippen molar-refractivity contribution in [1.82, 2.24) is 20.2 Å². The maximum Gasteiger partial charge on any atom is 0.255 e. The van der Waals surface area contributed by atoms with Gasteiger partial charge >= 0.3 is 0 Å². The van der Waals surface area contributed by atoms with Crippen molar-refractivity contribution in [2.75, 3.05) is 36.5 Å². The number of nitrogens with one attached hydrogen (secondary N) is 1. The van der Waals surface area contributed by atoms with E-state index < -0.39 is 0 Å². The fourth-order valence-corrected chi connectivity index (χ4v) is 2.91. The van der Waals surface area contributed by atoms with Gasteiger partial charge in [0.1, 0.15) is 6.33 Å². The summed E-state index contributed by atoms with van der Waals surface area (Å²) < 4.78 is 6.99. The molecule has 0 atom stereocenters. The first kappa shape index (κ1) is 16.2. The Kier molecular flexibility index (Phi) is 4.57. The Morgan fingerprint density at radius 1 is 1.08 bits per heavy atom. The van der Waals surface area contributed by atoms with Crippen molar-refractivity contribution in [2.45, 2.75) is 0 Å². The van der Waals surface area contributed by atoms with E-state index in [-0.39, 0.29) is 5.91 Å². The second-order valence-electron chi connectivity index (χ2n) is 5.88. The van der Waals surface area contributed by atoms with E-state index in [2.05, 4.69) is 25.7 Å². The van der Waals surface area contributed by atoms with E-state index in [4.69, 9.17) is 4.74 Å². The van der Waals surface area contributed by atoms with E-state index in [0.29, 0.717) is 24.5 Å². The molecule has 0 unspecified atom stereocenters. The number of morpholine rings is 1. The summed E-state index contributed by atoms with van der Waals surface area (Å²) in [4.78, 5) is 14.8. The Morgan fingerprint density at radius 2 is 1.88 bits per heavy atom. The van der Waals surface area contributed by atoms with Crippen LogP contribution in [0.2, 0.25) is 0 Å². The maximum atomic E-state index is 12.6. The molecule has 0 saturated carbocycles. The lowest BCUT2D eigenvalue weighted by Gasteiger charge is -2.30. The third kappa shape index (κ3) is 3.40. The molecule has 1 aliphatic heterocycles. The van der Waals surface area contributed by atoms with Gasteiger partial charge in [-0.15, -0.1) is 5.10 Å². The van der Waals surface area contributed by atoms with Crippen molar-refractivity contribution in [3.05, 3.63) is 60.4 Å². The molecule has 1 fully saturated rings. The van der Waals surface area contributed by atoms with Crippen molar-refractivity contribution in [3.8, 4) is 5.69 Å². The number of rotatable bonds is 4. The maximum absolute atomic E-state index is 12.6. The molecule has 1 aliphatic rings. The summed E-state index contributed by atoms with van der Waals surface area (Å²) in [5.41, 5.74) is 3.05. The van der Waals surface area contributed by atoms with Gasteiger partial charge in [-0.25, -0.2) is 4.68 Å². The van der Waals surface area contributed by atoms with E-state index in [1.807, 2.05) is 36.4 Å². The number of amides is 1. The molecule has 0 spiro atoms. The second-order valence-corrected chi connectivity index (χ2v) is 5.88. The van der Waals surface area contributed by atoms with Gasteiger partial charge in [-0.1, -0.05) is 18.2 Å². The Morgan fingerprint density at radius 3 is 2.62 bits per heavy atom. The van der Waals surface area contributed by atoms with Crippen molar-refractivity contribution < 1.29 is 9.53 Å². The number of tetrazole rings is 1. The molecule has 1 saturated heterocycles. The van der Waals surface area contributed by atoms with Gasteiger partial charge in [0, 0.05) is 18.7 Å². The largest absolute Gasteiger partial charge is 0.378 e. The summed E-state index contributed by atoms with van der Waals surface area (Å²) in [6.45, 7) is 2.89. The van der Waals surface area contributed by atoms with Gasteiger partial charge in [0.25, 0.3) is 5.91 Å². The smallest absolute Gasteiger partial charge is 0.255 e. The van der Waals surface area contributed by atoms with E-state index in [0.717, 1.165) is 24.5 Å². The van der Waals surface area contributed by atoms with E-state index >= 15 is 0 Å². The Labute approximate surface area is 150 Å². The minimum Gasteiger partial charge on any atom is -0.378 e. The van der Waals surface area contributed by atoms with Gasteiger partial charge in [0.05, 0.1) is 30.3 Å². The number of anilines is 2. The minimum atomic E-state index is -0.158. The van der Waals surface area contributed by atoms with Crippen LogP contribution in [0.15, 0.2) is 54.9 Å². The Bertz CT molecular complexity index is 876. The molecule has 2 aromatic carbocycles. The zero-order valence-corrected chi connectivity index (χ0v) is 14.1. The number of hydrogen-bond donors (Lipinski definition) is 1.